The van der Waals surface area contributed by atoms with Crippen LogP contribution in [0.15, 0.2) is 194 Å². The summed E-state index contributed by atoms with van der Waals surface area (Å²) in [6.07, 6.45) is 14.0. The molecule has 1 radical (unpaired) electrons. The molecule has 0 fully saturated rings. The third-order valence-electron chi connectivity index (χ3n) is 11.0. The van der Waals surface area contributed by atoms with Crippen LogP contribution in [0.25, 0.3) is 32.7 Å². The number of rotatable bonds is 7. The minimum Gasteiger partial charge on any atom is -1.00 e. The van der Waals surface area contributed by atoms with Gasteiger partial charge in [0.1, 0.15) is 0 Å². The normalized spacial score (nSPS) is 13.4. The molecule has 303 valence electrons. The van der Waals surface area contributed by atoms with E-state index in [9.17, 15) is 0 Å². The Balaban J connectivity index is 0.000000544. The molecule has 0 unspecified atom stereocenters. The van der Waals surface area contributed by atoms with Crippen molar-refractivity contribution in [1.29, 1.82) is 0 Å². The molecule has 0 saturated heterocycles. The van der Waals surface area contributed by atoms with Gasteiger partial charge in [0.15, 0.2) is 0 Å². The van der Waals surface area contributed by atoms with E-state index in [0.717, 1.165) is 0 Å². The van der Waals surface area contributed by atoms with Crippen molar-refractivity contribution >= 4 is 69.2 Å². The molecular formula is C56H52ClP2Rh-. The topological polar surface area (TPSA) is 0 Å². The summed E-state index contributed by atoms with van der Waals surface area (Å²) in [5.74, 6) is 0. The van der Waals surface area contributed by atoms with Crippen LogP contribution in [0.4, 0.5) is 0 Å². The number of fused-ring (bicyclic) bond motifs is 2. The molecule has 0 N–H and O–H groups in total. The van der Waals surface area contributed by atoms with Gasteiger partial charge in [0.05, 0.1) is 0 Å². The monoisotopic (exact) mass is 924 g/mol. The number of allylic oxidation sites excluding steroid dienone is 4. The smallest absolute Gasteiger partial charge is 0 e. The summed E-state index contributed by atoms with van der Waals surface area (Å²) in [6.45, 7) is 8.72. The molecule has 4 heteroatoms. The van der Waals surface area contributed by atoms with E-state index in [2.05, 4.69) is 222 Å². The first-order chi connectivity index (χ1) is 28.4. The van der Waals surface area contributed by atoms with Crippen molar-refractivity contribution in [2.45, 2.75) is 53.4 Å². The van der Waals surface area contributed by atoms with E-state index in [1.54, 1.807) is 0 Å². The SMILES string of the molecule is C1=C\CC/C=C\CC/1.Cc1ccc(P(c2ccc(C)cc2)c2ccc3ccccc3c2-c2c(P(c3ccc(C)cc3)c3ccc(C)cc3)ccc3ccccc23)cc1.[Cl-].[Rh]. The fourth-order valence-corrected chi connectivity index (χ4v) is 12.8. The van der Waals surface area contributed by atoms with Crippen LogP contribution >= 0.6 is 15.8 Å². The van der Waals surface area contributed by atoms with Gasteiger partial charge in [-0.05, 0) is 134 Å². The molecule has 0 amide bonds. The third-order valence-corrected chi connectivity index (χ3v) is 16.0. The molecule has 8 aromatic carbocycles. The van der Waals surface area contributed by atoms with Crippen LogP contribution in [0.1, 0.15) is 47.9 Å². The second-order valence-electron chi connectivity index (χ2n) is 15.5. The molecule has 0 saturated carbocycles. The predicted molar refractivity (Wildman–Crippen MR) is 260 cm³/mol. The number of benzene rings is 8. The maximum absolute atomic E-state index is 2.44. The zero-order valence-electron chi connectivity index (χ0n) is 34.9. The molecule has 0 nitrogen and oxygen atoms in total. The van der Waals surface area contributed by atoms with E-state index in [1.165, 1.54) is 112 Å². The van der Waals surface area contributed by atoms with Crippen molar-refractivity contribution in [3.63, 3.8) is 0 Å². The van der Waals surface area contributed by atoms with Gasteiger partial charge in [-0.15, -0.1) is 0 Å². The molecule has 0 aliphatic heterocycles. The van der Waals surface area contributed by atoms with Crippen LogP contribution in [0.3, 0.4) is 0 Å². The second-order valence-corrected chi connectivity index (χ2v) is 19.8. The third kappa shape index (κ3) is 10.3. The molecule has 1 aliphatic carbocycles. The summed E-state index contributed by atoms with van der Waals surface area (Å²) in [5.41, 5.74) is 7.84. The van der Waals surface area contributed by atoms with Gasteiger partial charge in [0.25, 0.3) is 0 Å². The average molecular weight is 925 g/mol. The first kappa shape index (κ1) is 45.1. The van der Waals surface area contributed by atoms with Gasteiger partial charge >= 0.3 is 0 Å². The Morgan fingerprint density at radius 1 is 0.317 bits per heavy atom. The molecule has 0 spiro atoms. The van der Waals surface area contributed by atoms with E-state index in [0.29, 0.717) is 0 Å². The quantitative estimate of drug-likeness (QED) is 0.0849. The Bertz CT molecular complexity index is 2400. The number of hydrogen-bond donors (Lipinski definition) is 0. The van der Waals surface area contributed by atoms with Gasteiger partial charge < -0.3 is 12.4 Å². The largest absolute Gasteiger partial charge is 1.00 e. The van der Waals surface area contributed by atoms with Gasteiger partial charge in [0, 0.05) is 19.5 Å². The van der Waals surface area contributed by atoms with Gasteiger partial charge in [-0.25, -0.2) is 0 Å². The van der Waals surface area contributed by atoms with Crippen molar-refractivity contribution < 1.29 is 31.9 Å². The molecule has 8 aromatic rings. The summed E-state index contributed by atoms with van der Waals surface area (Å²) in [5, 5.41) is 13.4. The van der Waals surface area contributed by atoms with E-state index >= 15 is 0 Å². The molecule has 0 bridgehead atoms. The Kier molecular flexibility index (Phi) is 16.0. The zero-order valence-corrected chi connectivity index (χ0v) is 39.1. The van der Waals surface area contributed by atoms with Gasteiger partial charge in [0.2, 0.25) is 0 Å². The van der Waals surface area contributed by atoms with E-state index in [-0.39, 0.29) is 31.9 Å². The first-order valence-corrected chi connectivity index (χ1v) is 23.3. The maximum atomic E-state index is 2.44. The molecule has 60 heavy (non-hydrogen) atoms. The van der Waals surface area contributed by atoms with Gasteiger partial charge in [-0.3, -0.25) is 0 Å². The van der Waals surface area contributed by atoms with Crippen molar-refractivity contribution in [3.8, 4) is 11.1 Å². The summed E-state index contributed by atoms with van der Waals surface area (Å²) in [6, 6.07) is 64.6. The molecular weight excluding hydrogens is 873 g/mol. The molecule has 9 rings (SSSR count). The number of hydrogen-bond acceptors (Lipinski definition) is 0. The fourth-order valence-electron chi connectivity index (χ4n) is 7.90. The predicted octanol–water partition coefficient (Wildman–Crippen LogP) is 10.1. The van der Waals surface area contributed by atoms with Crippen LogP contribution in [0.2, 0.25) is 0 Å². The van der Waals surface area contributed by atoms with E-state index in [1.807, 2.05) is 0 Å². The molecule has 0 aromatic heterocycles. The minimum atomic E-state index is -0.885. The van der Waals surface area contributed by atoms with Gasteiger partial charge in [-0.1, -0.05) is 216 Å². The van der Waals surface area contributed by atoms with Crippen molar-refractivity contribution in [3.05, 3.63) is 216 Å². The summed E-state index contributed by atoms with van der Waals surface area (Å²) < 4.78 is 0. The summed E-state index contributed by atoms with van der Waals surface area (Å²) in [4.78, 5) is 0. The Morgan fingerprint density at radius 2 is 0.583 bits per heavy atom. The molecule has 0 heterocycles. The van der Waals surface area contributed by atoms with Crippen LogP contribution in [0.5, 0.6) is 0 Å². The first-order valence-electron chi connectivity index (χ1n) is 20.7. The number of halogens is 1. The minimum absolute atomic E-state index is 0. The maximum Gasteiger partial charge on any atom is 0 e. The number of aryl methyl sites for hydroxylation is 4. The Morgan fingerprint density at radius 3 is 0.867 bits per heavy atom. The van der Waals surface area contributed by atoms with Gasteiger partial charge in [-0.2, -0.15) is 0 Å². The Hall–Kier alpha value is -4.47. The van der Waals surface area contributed by atoms with Crippen molar-refractivity contribution in [1.82, 2.24) is 0 Å². The van der Waals surface area contributed by atoms with Crippen molar-refractivity contribution in [2.24, 2.45) is 0 Å². The molecule has 0 atom stereocenters. The average Bonchev–Trinajstić information content (AvgIpc) is 3.24. The van der Waals surface area contributed by atoms with E-state index < -0.39 is 15.8 Å². The van der Waals surface area contributed by atoms with Crippen molar-refractivity contribution in [2.75, 3.05) is 0 Å². The fraction of sp³-hybridized carbons (Fsp3) is 0.143. The zero-order chi connectivity index (χ0) is 39.8. The van der Waals surface area contributed by atoms with Crippen LogP contribution in [0, 0.1) is 27.7 Å². The molecule has 1 aliphatic rings. The van der Waals surface area contributed by atoms with E-state index in [4.69, 9.17) is 0 Å². The summed E-state index contributed by atoms with van der Waals surface area (Å²) >= 11 is 0. The van der Waals surface area contributed by atoms with Crippen LogP contribution in [-0.4, -0.2) is 0 Å². The Labute approximate surface area is 379 Å². The second kappa shape index (κ2) is 21.4. The van der Waals surface area contributed by atoms with Crippen LogP contribution in [-0.2, 0) is 19.5 Å². The standard InChI is InChI=1S/C48H40P2.C8H12.ClH.Rh/c1-33-13-23-39(24-14-33)49(40-25-15-34(2)16-26-40)45-31-21-37-9-5-7-11-43(37)47(45)48-44-12-8-6-10-38(44)22-32-46(48)50(41-27-17-35(3)18-28-41)42-29-19-36(4)20-30-42;1-2-4-6-8-7-5-3-1;;/h5-32H,1-4H3;1-2,7-8H,3-6H2;1H;/p-1/b;2-1-,8-7-;;. The van der Waals surface area contributed by atoms with Crippen LogP contribution < -0.4 is 44.2 Å². The summed E-state index contributed by atoms with van der Waals surface area (Å²) in [7, 11) is -1.77.